The zero-order valence-electron chi connectivity index (χ0n) is 17.9. The molecular formula is C28H18N2O4. The maximum Gasteiger partial charge on any atom is 0.196 e. The molecule has 164 valence electrons. The number of carbonyl (C=O) groups excluding carboxylic acids is 4. The van der Waals surface area contributed by atoms with Crippen LogP contribution in [0.15, 0.2) is 84.9 Å². The molecule has 6 nitrogen and oxygen atoms in total. The summed E-state index contributed by atoms with van der Waals surface area (Å²) in [5, 5.41) is 0. The highest BCUT2D eigenvalue weighted by atomic mass is 16.1. The molecule has 0 radical (unpaired) electrons. The van der Waals surface area contributed by atoms with Crippen LogP contribution in [0.1, 0.15) is 63.7 Å². The average molecular weight is 446 g/mol. The second-order valence-electron chi connectivity index (χ2n) is 7.98. The van der Waals surface area contributed by atoms with E-state index in [4.69, 9.17) is 11.5 Å². The second kappa shape index (κ2) is 7.94. The normalized spacial score (nSPS) is 13.2. The first kappa shape index (κ1) is 21.0. The standard InChI is InChI=1S/2C14H9NO2/c15-11-7-3-6-10-12(11)14(17)9-5-2-1-4-8(9)13(10)16;15-8-5-6-11-12(7-8)14(17)10-4-2-1-3-9(10)13(11)16/h2*1-7H,15H2. The van der Waals surface area contributed by atoms with E-state index in [9.17, 15) is 19.2 Å². The summed E-state index contributed by atoms with van der Waals surface area (Å²) in [5.74, 6) is -0.562. The number of nitrogen functional groups attached to an aromatic ring is 2. The number of ketones is 4. The van der Waals surface area contributed by atoms with Gasteiger partial charge in [-0.1, -0.05) is 60.7 Å². The minimum absolute atomic E-state index is 0.116. The van der Waals surface area contributed by atoms with Gasteiger partial charge in [-0.3, -0.25) is 19.2 Å². The predicted octanol–water partition coefficient (Wildman–Crippen LogP) is 4.09. The van der Waals surface area contributed by atoms with Crippen LogP contribution < -0.4 is 11.5 Å². The fourth-order valence-electron chi connectivity index (χ4n) is 4.29. The van der Waals surface area contributed by atoms with Gasteiger partial charge in [-0.05, 0) is 24.3 Å². The Morgan fingerprint density at radius 2 is 0.853 bits per heavy atom. The smallest absolute Gasteiger partial charge is 0.196 e. The molecule has 0 atom stereocenters. The Kier molecular flexibility index (Phi) is 4.91. The highest BCUT2D eigenvalue weighted by Gasteiger charge is 2.31. The van der Waals surface area contributed by atoms with E-state index in [2.05, 4.69) is 0 Å². The molecule has 0 amide bonds. The van der Waals surface area contributed by atoms with Crippen molar-refractivity contribution in [3.63, 3.8) is 0 Å². The van der Waals surface area contributed by atoms with E-state index in [0.29, 0.717) is 55.9 Å². The molecule has 0 aliphatic heterocycles. The van der Waals surface area contributed by atoms with Gasteiger partial charge in [0.2, 0.25) is 0 Å². The molecule has 34 heavy (non-hydrogen) atoms. The Labute approximate surface area is 194 Å². The van der Waals surface area contributed by atoms with E-state index in [1.165, 1.54) is 0 Å². The second-order valence-corrected chi connectivity index (χ2v) is 7.98. The molecule has 0 aromatic heterocycles. The van der Waals surface area contributed by atoms with Crippen molar-refractivity contribution in [2.75, 3.05) is 11.5 Å². The maximum absolute atomic E-state index is 12.2. The van der Waals surface area contributed by atoms with Crippen molar-refractivity contribution in [1.82, 2.24) is 0 Å². The topological polar surface area (TPSA) is 120 Å². The van der Waals surface area contributed by atoms with E-state index in [0.717, 1.165) is 0 Å². The molecule has 0 unspecified atom stereocenters. The highest BCUT2D eigenvalue weighted by Crippen LogP contribution is 2.30. The van der Waals surface area contributed by atoms with E-state index in [-0.39, 0.29) is 23.1 Å². The number of hydrogen-bond acceptors (Lipinski definition) is 6. The van der Waals surface area contributed by atoms with Crippen LogP contribution in [0.5, 0.6) is 0 Å². The number of carbonyl (C=O) groups is 4. The molecule has 6 heteroatoms. The minimum Gasteiger partial charge on any atom is -0.399 e. The average Bonchev–Trinajstić information content (AvgIpc) is 2.86. The van der Waals surface area contributed by atoms with E-state index >= 15 is 0 Å². The van der Waals surface area contributed by atoms with Crippen molar-refractivity contribution in [1.29, 1.82) is 0 Å². The Bertz CT molecular complexity index is 1530. The lowest BCUT2D eigenvalue weighted by molar-refractivity contribution is 0.0979. The van der Waals surface area contributed by atoms with Crippen LogP contribution in [-0.2, 0) is 0 Å². The minimum atomic E-state index is -0.173. The first-order valence-corrected chi connectivity index (χ1v) is 10.5. The van der Waals surface area contributed by atoms with Crippen molar-refractivity contribution in [2.24, 2.45) is 0 Å². The number of nitrogens with two attached hydrogens (primary N) is 2. The van der Waals surface area contributed by atoms with E-state index in [1.54, 1.807) is 84.9 Å². The van der Waals surface area contributed by atoms with Crippen LogP contribution in [0.4, 0.5) is 11.4 Å². The van der Waals surface area contributed by atoms with Crippen LogP contribution in [0, 0.1) is 0 Å². The molecule has 0 bridgehead atoms. The zero-order valence-corrected chi connectivity index (χ0v) is 17.9. The number of anilines is 2. The van der Waals surface area contributed by atoms with Crippen molar-refractivity contribution in [3.8, 4) is 0 Å². The lowest BCUT2D eigenvalue weighted by Crippen LogP contribution is -2.22. The van der Waals surface area contributed by atoms with Gasteiger partial charge >= 0.3 is 0 Å². The molecule has 4 N–H and O–H groups in total. The van der Waals surface area contributed by atoms with Gasteiger partial charge in [-0.2, -0.15) is 0 Å². The largest absolute Gasteiger partial charge is 0.399 e. The van der Waals surface area contributed by atoms with Crippen LogP contribution in [0.2, 0.25) is 0 Å². The molecule has 2 aliphatic carbocycles. The third-order valence-corrected chi connectivity index (χ3v) is 5.93. The Morgan fingerprint density at radius 1 is 0.412 bits per heavy atom. The van der Waals surface area contributed by atoms with Gasteiger partial charge in [0.1, 0.15) is 0 Å². The first-order valence-electron chi connectivity index (χ1n) is 10.5. The summed E-state index contributed by atoms with van der Waals surface area (Å²) in [4.78, 5) is 48.8. The van der Waals surface area contributed by atoms with Gasteiger partial charge < -0.3 is 11.5 Å². The van der Waals surface area contributed by atoms with Crippen LogP contribution in [0.25, 0.3) is 0 Å². The monoisotopic (exact) mass is 446 g/mol. The molecule has 0 heterocycles. The summed E-state index contributed by atoms with van der Waals surface area (Å²) in [5.41, 5.74) is 15.6. The Balaban J connectivity index is 0.000000142. The summed E-state index contributed by atoms with van der Waals surface area (Å²) < 4.78 is 0. The van der Waals surface area contributed by atoms with Gasteiger partial charge in [0, 0.05) is 50.3 Å². The van der Waals surface area contributed by atoms with Crippen LogP contribution in [-0.4, -0.2) is 23.1 Å². The van der Waals surface area contributed by atoms with Gasteiger partial charge in [0.25, 0.3) is 0 Å². The lowest BCUT2D eigenvalue weighted by atomic mass is 9.83. The van der Waals surface area contributed by atoms with Gasteiger partial charge in [-0.15, -0.1) is 0 Å². The summed E-state index contributed by atoms with van der Waals surface area (Å²) in [6.07, 6.45) is 0. The molecule has 4 aromatic carbocycles. The van der Waals surface area contributed by atoms with Crippen molar-refractivity contribution in [2.45, 2.75) is 0 Å². The fourth-order valence-corrected chi connectivity index (χ4v) is 4.29. The van der Waals surface area contributed by atoms with E-state index in [1.807, 2.05) is 0 Å². The lowest BCUT2D eigenvalue weighted by Gasteiger charge is -2.18. The van der Waals surface area contributed by atoms with Gasteiger partial charge in [0.15, 0.2) is 23.1 Å². The third-order valence-electron chi connectivity index (χ3n) is 5.93. The SMILES string of the molecule is Nc1ccc2c(c1)C(=O)c1ccccc1C2=O.Nc1cccc2c1C(=O)c1ccccc1C2=O. The molecule has 0 fully saturated rings. The number of rotatable bonds is 0. The summed E-state index contributed by atoms with van der Waals surface area (Å²) >= 11 is 0. The molecule has 6 rings (SSSR count). The van der Waals surface area contributed by atoms with Crippen LogP contribution >= 0.6 is 0 Å². The zero-order chi connectivity index (χ0) is 24.0. The summed E-state index contributed by atoms with van der Waals surface area (Å²) in [6.45, 7) is 0. The van der Waals surface area contributed by atoms with Crippen molar-refractivity contribution in [3.05, 3.63) is 129 Å². The Morgan fingerprint density at radius 3 is 1.44 bits per heavy atom. The predicted molar refractivity (Wildman–Crippen MR) is 128 cm³/mol. The fraction of sp³-hybridized carbons (Fsp3) is 0. The number of hydrogen-bond donors (Lipinski definition) is 2. The van der Waals surface area contributed by atoms with Crippen LogP contribution in [0.3, 0.4) is 0 Å². The number of fused-ring (bicyclic) bond motifs is 4. The Hall–Kier alpha value is -4.84. The van der Waals surface area contributed by atoms with Crippen molar-refractivity contribution >= 4 is 34.5 Å². The van der Waals surface area contributed by atoms with Gasteiger partial charge in [-0.25, -0.2) is 0 Å². The quantitative estimate of drug-likeness (QED) is 0.339. The van der Waals surface area contributed by atoms with Crippen molar-refractivity contribution < 1.29 is 19.2 Å². The number of benzene rings is 4. The molecular weight excluding hydrogens is 428 g/mol. The molecule has 4 aromatic rings. The molecule has 0 spiro atoms. The van der Waals surface area contributed by atoms with Gasteiger partial charge in [0.05, 0.1) is 5.56 Å². The first-order chi connectivity index (χ1) is 16.4. The maximum atomic E-state index is 12.2. The molecule has 0 saturated heterocycles. The third kappa shape index (κ3) is 3.20. The molecule has 2 aliphatic rings. The summed E-state index contributed by atoms with van der Waals surface area (Å²) in [6, 6.07) is 23.4. The molecule has 0 saturated carbocycles. The summed E-state index contributed by atoms with van der Waals surface area (Å²) in [7, 11) is 0. The van der Waals surface area contributed by atoms with E-state index < -0.39 is 0 Å². The highest BCUT2D eigenvalue weighted by molar-refractivity contribution is 6.30.